The standard InChI is InChI=1S/C18H25N3O2.ClH/c1-12-8-13(2)10-15(9-12)21-6-4-16(18(21)23)17(22)20-7-5-19-11-14(20)3;/h8-10,14,16,19H,4-7,11H2,1-3H3;1H. The molecule has 2 aliphatic rings. The second-order valence-electron chi connectivity index (χ2n) is 6.76. The molecule has 3 rings (SSSR count). The van der Waals surface area contributed by atoms with E-state index >= 15 is 0 Å². The van der Waals surface area contributed by atoms with Gasteiger partial charge in [0, 0.05) is 37.9 Å². The lowest BCUT2D eigenvalue weighted by Gasteiger charge is -2.35. The average molecular weight is 352 g/mol. The highest BCUT2D eigenvalue weighted by molar-refractivity contribution is 6.09. The van der Waals surface area contributed by atoms with Crippen LogP contribution in [0.5, 0.6) is 0 Å². The lowest BCUT2D eigenvalue weighted by atomic mass is 10.0. The van der Waals surface area contributed by atoms with E-state index in [1.54, 1.807) is 4.90 Å². The van der Waals surface area contributed by atoms with Gasteiger partial charge >= 0.3 is 0 Å². The highest BCUT2D eigenvalue weighted by Gasteiger charge is 2.41. The van der Waals surface area contributed by atoms with Crippen molar-refractivity contribution in [3.8, 4) is 0 Å². The van der Waals surface area contributed by atoms with E-state index in [4.69, 9.17) is 0 Å². The molecule has 2 fully saturated rings. The maximum atomic E-state index is 12.8. The van der Waals surface area contributed by atoms with Gasteiger partial charge in [0.1, 0.15) is 5.92 Å². The summed E-state index contributed by atoms with van der Waals surface area (Å²) in [4.78, 5) is 29.2. The molecule has 132 valence electrons. The van der Waals surface area contributed by atoms with Crippen LogP contribution in [-0.4, -0.2) is 48.9 Å². The van der Waals surface area contributed by atoms with Gasteiger partial charge in [0.05, 0.1) is 0 Å². The molecule has 0 spiro atoms. The third kappa shape index (κ3) is 3.57. The van der Waals surface area contributed by atoms with Crippen molar-refractivity contribution in [2.45, 2.75) is 33.2 Å². The molecule has 0 radical (unpaired) electrons. The largest absolute Gasteiger partial charge is 0.337 e. The molecule has 2 atom stereocenters. The van der Waals surface area contributed by atoms with Crippen molar-refractivity contribution in [2.75, 3.05) is 31.1 Å². The van der Waals surface area contributed by atoms with Crippen LogP contribution in [0.15, 0.2) is 18.2 Å². The van der Waals surface area contributed by atoms with E-state index in [0.717, 1.165) is 29.9 Å². The number of anilines is 1. The fourth-order valence-corrected chi connectivity index (χ4v) is 3.64. The Labute approximate surface area is 149 Å². The molecule has 0 aromatic heterocycles. The number of amides is 2. The Morgan fingerprint density at radius 2 is 1.83 bits per heavy atom. The van der Waals surface area contributed by atoms with E-state index in [1.165, 1.54) is 0 Å². The van der Waals surface area contributed by atoms with E-state index in [9.17, 15) is 9.59 Å². The molecule has 2 saturated heterocycles. The molecule has 0 bridgehead atoms. The monoisotopic (exact) mass is 351 g/mol. The third-order valence-electron chi connectivity index (χ3n) is 4.81. The van der Waals surface area contributed by atoms with E-state index in [-0.39, 0.29) is 30.3 Å². The quantitative estimate of drug-likeness (QED) is 0.828. The number of piperazine rings is 1. The van der Waals surface area contributed by atoms with Gasteiger partial charge in [0.2, 0.25) is 11.8 Å². The summed E-state index contributed by atoms with van der Waals surface area (Å²) in [6, 6.07) is 6.28. The number of carbonyl (C=O) groups is 2. The first kappa shape index (κ1) is 18.7. The van der Waals surface area contributed by atoms with Crippen molar-refractivity contribution in [3.05, 3.63) is 29.3 Å². The Morgan fingerprint density at radius 1 is 1.17 bits per heavy atom. The smallest absolute Gasteiger partial charge is 0.239 e. The van der Waals surface area contributed by atoms with Gasteiger partial charge in [-0.1, -0.05) is 6.07 Å². The first-order chi connectivity index (χ1) is 11.0. The van der Waals surface area contributed by atoms with E-state index in [1.807, 2.05) is 37.8 Å². The molecule has 0 saturated carbocycles. The lowest BCUT2D eigenvalue weighted by Crippen LogP contribution is -2.54. The number of benzene rings is 1. The van der Waals surface area contributed by atoms with Gasteiger partial charge in [-0.15, -0.1) is 12.4 Å². The number of hydrogen-bond donors (Lipinski definition) is 1. The van der Waals surface area contributed by atoms with E-state index < -0.39 is 5.92 Å². The molecule has 1 aromatic carbocycles. The van der Waals surface area contributed by atoms with Gasteiger partial charge in [-0.3, -0.25) is 9.59 Å². The molecule has 2 unspecified atom stereocenters. The number of rotatable bonds is 2. The molecular weight excluding hydrogens is 326 g/mol. The summed E-state index contributed by atoms with van der Waals surface area (Å²) < 4.78 is 0. The molecule has 1 aromatic rings. The Kier molecular flexibility index (Phi) is 5.88. The van der Waals surface area contributed by atoms with Gasteiger partial charge in [-0.05, 0) is 50.5 Å². The third-order valence-corrected chi connectivity index (χ3v) is 4.81. The molecule has 2 aliphatic heterocycles. The van der Waals surface area contributed by atoms with Gasteiger partial charge in [0.15, 0.2) is 0 Å². The minimum Gasteiger partial charge on any atom is -0.337 e. The van der Waals surface area contributed by atoms with E-state index in [2.05, 4.69) is 11.4 Å². The van der Waals surface area contributed by atoms with Crippen LogP contribution < -0.4 is 10.2 Å². The van der Waals surface area contributed by atoms with Gasteiger partial charge in [-0.25, -0.2) is 0 Å². The summed E-state index contributed by atoms with van der Waals surface area (Å²) >= 11 is 0. The molecule has 6 heteroatoms. The first-order valence-corrected chi connectivity index (χ1v) is 8.38. The number of carbonyl (C=O) groups excluding carboxylic acids is 2. The van der Waals surface area contributed by atoms with Gasteiger partial charge < -0.3 is 15.1 Å². The molecule has 24 heavy (non-hydrogen) atoms. The van der Waals surface area contributed by atoms with Crippen LogP contribution in [0.25, 0.3) is 0 Å². The number of hydrogen-bond acceptors (Lipinski definition) is 3. The van der Waals surface area contributed by atoms with E-state index in [0.29, 0.717) is 19.5 Å². The van der Waals surface area contributed by atoms with Crippen molar-refractivity contribution in [1.29, 1.82) is 0 Å². The molecule has 5 nitrogen and oxygen atoms in total. The van der Waals surface area contributed by atoms with Crippen LogP contribution in [0.2, 0.25) is 0 Å². The van der Waals surface area contributed by atoms with Crippen molar-refractivity contribution in [1.82, 2.24) is 10.2 Å². The summed E-state index contributed by atoms with van der Waals surface area (Å²) in [6.45, 7) is 9.01. The fraction of sp³-hybridized carbons (Fsp3) is 0.556. The lowest BCUT2D eigenvalue weighted by molar-refractivity contribution is -0.142. The predicted octanol–water partition coefficient (Wildman–Crippen LogP) is 1.90. The Balaban J connectivity index is 0.00000208. The summed E-state index contributed by atoms with van der Waals surface area (Å²) in [5.74, 6) is -0.571. The van der Waals surface area contributed by atoms with Crippen molar-refractivity contribution in [3.63, 3.8) is 0 Å². The topological polar surface area (TPSA) is 52.7 Å². The minimum atomic E-state index is -0.517. The van der Waals surface area contributed by atoms with Crippen LogP contribution in [-0.2, 0) is 9.59 Å². The zero-order chi connectivity index (χ0) is 16.6. The zero-order valence-electron chi connectivity index (χ0n) is 14.5. The number of nitrogens with one attached hydrogen (secondary N) is 1. The Bertz CT molecular complexity index is 614. The first-order valence-electron chi connectivity index (χ1n) is 8.38. The normalized spacial score (nSPS) is 24.0. The molecular formula is C18H26ClN3O2. The Morgan fingerprint density at radius 3 is 2.46 bits per heavy atom. The highest BCUT2D eigenvalue weighted by Crippen LogP contribution is 2.28. The maximum Gasteiger partial charge on any atom is 0.239 e. The van der Waals surface area contributed by atoms with Gasteiger partial charge in [-0.2, -0.15) is 0 Å². The number of nitrogens with zero attached hydrogens (tertiary/aromatic N) is 2. The zero-order valence-corrected chi connectivity index (χ0v) is 15.4. The SMILES string of the molecule is Cc1cc(C)cc(N2CCC(C(=O)N3CCNCC3C)C2=O)c1.Cl. The van der Waals surface area contributed by atoms with Crippen LogP contribution >= 0.6 is 12.4 Å². The van der Waals surface area contributed by atoms with Crippen molar-refractivity contribution >= 4 is 29.9 Å². The summed E-state index contributed by atoms with van der Waals surface area (Å²) in [5, 5.41) is 3.28. The molecule has 2 heterocycles. The average Bonchev–Trinajstić information content (AvgIpc) is 2.88. The Hall–Kier alpha value is -1.59. The van der Waals surface area contributed by atoms with Crippen LogP contribution in [0.1, 0.15) is 24.5 Å². The minimum absolute atomic E-state index is 0. The highest BCUT2D eigenvalue weighted by atomic mass is 35.5. The van der Waals surface area contributed by atoms with Crippen LogP contribution in [0.4, 0.5) is 5.69 Å². The van der Waals surface area contributed by atoms with Crippen molar-refractivity contribution < 1.29 is 9.59 Å². The van der Waals surface area contributed by atoms with Gasteiger partial charge in [0.25, 0.3) is 0 Å². The molecule has 2 amide bonds. The molecule has 0 aliphatic carbocycles. The number of halogens is 1. The summed E-state index contributed by atoms with van der Waals surface area (Å²) in [7, 11) is 0. The number of aryl methyl sites for hydroxylation is 2. The van der Waals surface area contributed by atoms with Crippen LogP contribution in [0, 0.1) is 19.8 Å². The second kappa shape index (κ2) is 7.53. The second-order valence-corrected chi connectivity index (χ2v) is 6.76. The predicted molar refractivity (Wildman–Crippen MR) is 97.7 cm³/mol. The summed E-state index contributed by atoms with van der Waals surface area (Å²) in [6.07, 6.45) is 0.612. The molecule has 1 N–H and O–H groups in total. The summed E-state index contributed by atoms with van der Waals surface area (Å²) in [5.41, 5.74) is 3.19. The van der Waals surface area contributed by atoms with Crippen LogP contribution in [0.3, 0.4) is 0 Å². The fourth-order valence-electron chi connectivity index (χ4n) is 3.64. The maximum absolute atomic E-state index is 12.8. The van der Waals surface area contributed by atoms with Crippen molar-refractivity contribution in [2.24, 2.45) is 5.92 Å².